The maximum atomic E-state index is 12.5. The highest BCUT2D eigenvalue weighted by molar-refractivity contribution is 5.86. The molecule has 4 nitrogen and oxygen atoms in total. The Hall–Kier alpha value is -1.55. The van der Waals surface area contributed by atoms with Crippen LogP contribution < -0.4 is 15.4 Å². The van der Waals surface area contributed by atoms with Crippen LogP contribution in [0.3, 0.4) is 0 Å². The van der Waals surface area contributed by atoms with E-state index in [0.717, 1.165) is 37.1 Å². The van der Waals surface area contributed by atoms with E-state index in [1.807, 2.05) is 52.0 Å². The van der Waals surface area contributed by atoms with Gasteiger partial charge in [-0.3, -0.25) is 4.79 Å². The maximum Gasteiger partial charge on any atom is 0.240 e. The SMILES string of the molecule is CC(C)Oc1ccc(C(C)NC(=O)C2(C)CCCCN2)cc1. The van der Waals surface area contributed by atoms with E-state index in [4.69, 9.17) is 4.74 Å². The van der Waals surface area contributed by atoms with Gasteiger partial charge in [0.25, 0.3) is 0 Å². The van der Waals surface area contributed by atoms with Gasteiger partial charge in [-0.1, -0.05) is 12.1 Å². The van der Waals surface area contributed by atoms with Crippen LogP contribution >= 0.6 is 0 Å². The maximum absolute atomic E-state index is 12.5. The van der Waals surface area contributed by atoms with Gasteiger partial charge in [0.1, 0.15) is 5.75 Å². The molecule has 1 fully saturated rings. The molecule has 4 heteroatoms. The third-order valence-corrected chi connectivity index (χ3v) is 4.22. The molecule has 2 N–H and O–H groups in total. The minimum Gasteiger partial charge on any atom is -0.491 e. The van der Waals surface area contributed by atoms with Gasteiger partial charge in [-0.15, -0.1) is 0 Å². The topological polar surface area (TPSA) is 50.4 Å². The van der Waals surface area contributed by atoms with Crippen molar-refractivity contribution in [3.63, 3.8) is 0 Å². The summed E-state index contributed by atoms with van der Waals surface area (Å²) in [6.45, 7) is 8.94. The van der Waals surface area contributed by atoms with Gasteiger partial charge in [0, 0.05) is 0 Å². The minimum atomic E-state index is -0.437. The van der Waals surface area contributed by atoms with Crippen LogP contribution in [-0.4, -0.2) is 24.1 Å². The van der Waals surface area contributed by atoms with Gasteiger partial charge in [-0.2, -0.15) is 0 Å². The van der Waals surface area contributed by atoms with Gasteiger partial charge in [0.15, 0.2) is 0 Å². The van der Waals surface area contributed by atoms with Crippen molar-refractivity contribution in [1.29, 1.82) is 0 Å². The molecule has 0 aliphatic carbocycles. The second-order valence-electron chi connectivity index (χ2n) is 6.65. The van der Waals surface area contributed by atoms with Crippen molar-refractivity contribution in [1.82, 2.24) is 10.6 Å². The van der Waals surface area contributed by atoms with Crippen LogP contribution in [0.4, 0.5) is 0 Å². The molecule has 1 saturated heterocycles. The second kappa shape index (κ2) is 7.14. The lowest BCUT2D eigenvalue weighted by Crippen LogP contribution is -2.57. The number of carbonyl (C=O) groups excluding carboxylic acids is 1. The van der Waals surface area contributed by atoms with E-state index < -0.39 is 5.54 Å². The fourth-order valence-electron chi connectivity index (χ4n) is 2.80. The summed E-state index contributed by atoms with van der Waals surface area (Å²) < 4.78 is 5.64. The summed E-state index contributed by atoms with van der Waals surface area (Å²) in [5.41, 5.74) is 0.650. The smallest absolute Gasteiger partial charge is 0.240 e. The fourth-order valence-corrected chi connectivity index (χ4v) is 2.80. The molecule has 22 heavy (non-hydrogen) atoms. The van der Waals surface area contributed by atoms with Crippen molar-refractivity contribution in [2.75, 3.05) is 6.54 Å². The van der Waals surface area contributed by atoms with Crippen LogP contribution in [0.5, 0.6) is 5.75 Å². The molecule has 1 aromatic rings. The molecule has 1 aliphatic rings. The molecule has 122 valence electrons. The molecule has 0 bridgehead atoms. The Kier molecular flexibility index (Phi) is 5.46. The van der Waals surface area contributed by atoms with Gasteiger partial charge < -0.3 is 15.4 Å². The summed E-state index contributed by atoms with van der Waals surface area (Å²) in [5.74, 6) is 0.945. The van der Waals surface area contributed by atoms with E-state index in [2.05, 4.69) is 10.6 Å². The van der Waals surface area contributed by atoms with E-state index in [-0.39, 0.29) is 18.1 Å². The summed E-state index contributed by atoms with van der Waals surface area (Å²) >= 11 is 0. The Morgan fingerprint density at radius 2 is 1.91 bits per heavy atom. The van der Waals surface area contributed by atoms with Gasteiger partial charge in [0.05, 0.1) is 17.7 Å². The van der Waals surface area contributed by atoms with Gasteiger partial charge in [-0.25, -0.2) is 0 Å². The first-order valence-electron chi connectivity index (χ1n) is 8.23. The van der Waals surface area contributed by atoms with E-state index >= 15 is 0 Å². The summed E-state index contributed by atoms with van der Waals surface area (Å²) in [5, 5.41) is 6.48. The van der Waals surface area contributed by atoms with Crippen LogP contribution in [0.2, 0.25) is 0 Å². The summed E-state index contributed by atoms with van der Waals surface area (Å²) in [4.78, 5) is 12.5. The second-order valence-corrected chi connectivity index (χ2v) is 6.65. The number of rotatable bonds is 5. The predicted octanol–water partition coefficient (Wildman–Crippen LogP) is 3.18. The largest absolute Gasteiger partial charge is 0.491 e. The molecule has 0 spiro atoms. The molecule has 1 heterocycles. The standard InChI is InChI=1S/C18H28N2O2/c1-13(2)22-16-9-7-15(8-10-16)14(3)20-17(21)18(4)11-5-6-12-19-18/h7-10,13-14,19H,5-6,11-12H2,1-4H3,(H,20,21). The molecule has 2 atom stereocenters. The lowest BCUT2D eigenvalue weighted by atomic mass is 9.89. The van der Waals surface area contributed by atoms with Crippen molar-refractivity contribution in [2.45, 2.75) is 64.6 Å². The number of hydrogen-bond acceptors (Lipinski definition) is 3. The first kappa shape index (κ1) is 16.8. The Bertz CT molecular complexity index is 490. The zero-order valence-corrected chi connectivity index (χ0v) is 14.1. The Labute approximate surface area is 133 Å². The summed E-state index contributed by atoms with van der Waals surface area (Å²) in [7, 11) is 0. The van der Waals surface area contributed by atoms with Crippen LogP contribution in [0.25, 0.3) is 0 Å². The van der Waals surface area contributed by atoms with Crippen molar-refractivity contribution < 1.29 is 9.53 Å². The number of piperidine rings is 1. The highest BCUT2D eigenvalue weighted by Gasteiger charge is 2.34. The monoisotopic (exact) mass is 304 g/mol. The van der Waals surface area contributed by atoms with E-state index in [9.17, 15) is 4.79 Å². The molecule has 0 aromatic heterocycles. The quantitative estimate of drug-likeness (QED) is 0.878. The van der Waals surface area contributed by atoms with E-state index in [1.54, 1.807) is 0 Å². The highest BCUT2D eigenvalue weighted by Crippen LogP contribution is 2.22. The number of hydrogen-bond donors (Lipinski definition) is 2. The Morgan fingerprint density at radius 1 is 1.23 bits per heavy atom. The van der Waals surface area contributed by atoms with Gasteiger partial charge >= 0.3 is 0 Å². The fraction of sp³-hybridized carbons (Fsp3) is 0.611. The number of benzene rings is 1. The predicted molar refractivity (Wildman–Crippen MR) is 89.0 cm³/mol. The van der Waals surface area contributed by atoms with Gasteiger partial charge in [-0.05, 0) is 71.2 Å². The molecule has 1 amide bonds. The zero-order chi connectivity index (χ0) is 16.2. The van der Waals surface area contributed by atoms with Gasteiger partial charge in [0.2, 0.25) is 5.91 Å². The van der Waals surface area contributed by atoms with Crippen LogP contribution in [0, 0.1) is 0 Å². The average Bonchev–Trinajstić information content (AvgIpc) is 2.48. The average molecular weight is 304 g/mol. The van der Waals surface area contributed by atoms with Crippen LogP contribution in [0.1, 0.15) is 58.6 Å². The van der Waals surface area contributed by atoms with Crippen molar-refractivity contribution >= 4 is 5.91 Å². The van der Waals surface area contributed by atoms with E-state index in [1.165, 1.54) is 0 Å². The van der Waals surface area contributed by atoms with Crippen molar-refractivity contribution in [3.8, 4) is 5.75 Å². The first-order chi connectivity index (χ1) is 10.4. The Balaban J connectivity index is 1.96. The number of amides is 1. The number of carbonyl (C=O) groups is 1. The van der Waals surface area contributed by atoms with Crippen molar-refractivity contribution in [2.24, 2.45) is 0 Å². The lowest BCUT2D eigenvalue weighted by Gasteiger charge is -2.34. The molecule has 0 radical (unpaired) electrons. The molecule has 2 unspecified atom stereocenters. The molecule has 1 aliphatic heterocycles. The highest BCUT2D eigenvalue weighted by atomic mass is 16.5. The summed E-state index contributed by atoms with van der Waals surface area (Å²) in [6.07, 6.45) is 3.31. The van der Waals surface area contributed by atoms with E-state index in [0.29, 0.717) is 0 Å². The first-order valence-corrected chi connectivity index (χ1v) is 8.23. The third kappa shape index (κ3) is 4.23. The normalized spacial score (nSPS) is 23.1. The van der Waals surface area contributed by atoms with Crippen molar-refractivity contribution in [3.05, 3.63) is 29.8 Å². The minimum absolute atomic E-state index is 0.0128. The lowest BCUT2D eigenvalue weighted by molar-refractivity contribution is -0.128. The van der Waals surface area contributed by atoms with Crippen LogP contribution in [0.15, 0.2) is 24.3 Å². The molecule has 1 aromatic carbocycles. The van der Waals surface area contributed by atoms with Crippen LogP contribution in [-0.2, 0) is 4.79 Å². The molecule has 0 saturated carbocycles. The third-order valence-electron chi connectivity index (χ3n) is 4.22. The molecular weight excluding hydrogens is 276 g/mol. The molecule has 2 rings (SSSR count). The number of ether oxygens (including phenoxy) is 1. The Morgan fingerprint density at radius 3 is 2.45 bits per heavy atom. The number of nitrogens with one attached hydrogen (secondary N) is 2. The molecular formula is C18H28N2O2. The zero-order valence-electron chi connectivity index (χ0n) is 14.1. The summed E-state index contributed by atoms with van der Waals surface area (Å²) in [6, 6.07) is 7.93.